The molecule has 3 rings (SSSR count). The maximum absolute atomic E-state index is 11.6. The Hall–Kier alpha value is 0.320. The Morgan fingerprint density at radius 1 is 1.16 bits per heavy atom. The molecule has 2 heterocycles. The van der Waals surface area contributed by atoms with Gasteiger partial charge in [-0.3, -0.25) is 4.79 Å². The van der Waals surface area contributed by atoms with Crippen molar-refractivity contribution in [2.45, 2.75) is 0 Å². The van der Waals surface area contributed by atoms with Gasteiger partial charge in [-0.05, 0) is 23.7 Å². The smallest absolute Gasteiger partial charge is 1.00 e. The Bertz CT molecular complexity index is 689. The predicted octanol–water partition coefficient (Wildman–Crippen LogP) is -3.34. The first kappa shape index (κ1) is 19.3. The minimum Gasteiger partial charge on any atom is -1.00 e. The molecule has 96 valence electrons. The predicted molar refractivity (Wildman–Crippen MR) is 72.5 cm³/mol. The maximum Gasteiger partial charge on any atom is 2.00 e. The molecule has 19 heavy (non-hydrogen) atoms. The molecule has 3 aromatic rings. The fraction of sp³-hybridized carbons (Fsp3) is 0. The third-order valence-corrected chi connectivity index (χ3v) is 3.52. The van der Waals surface area contributed by atoms with Crippen molar-refractivity contribution in [1.82, 2.24) is 8.94 Å². The van der Waals surface area contributed by atoms with Crippen LogP contribution in [0, 0.1) is 0 Å². The van der Waals surface area contributed by atoms with Crippen molar-refractivity contribution < 1.29 is 24.8 Å². The van der Waals surface area contributed by atoms with E-state index in [1.165, 1.54) is 17.6 Å². The largest absolute Gasteiger partial charge is 2.00 e. The summed E-state index contributed by atoms with van der Waals surface area (Å²) in [5.41, 5.74) is 0.899. The number of benzene rings is 1. The van der Waals surface area contributed by atoms with E-state index in [2.05, 4.69) is 4.98 Å². The van der Waals surface area contributed by atoms with Crippen LogP contribution in [0.3, 0.4) is 0 Å². The Morgan fingerprint density at radius 3 is 2.42 bits per heavy atom. The second kappa shape index (κ2) is 7.93. The normalized spacial score (nSPS) is 9.32. The van der Waals surface area contributed by atoms with E-state index in [4.69, 9.17) is 11.6 Å². The molecular formula is C11H7CaCl3N2OS. The number of fused-ring (bicyclic) bond motifs is 1. The summed E-state index contributed by atoms with van der Waals surface area (Å²) in [5.74, 6) is 0.753. The summed E-state index contributed by atoms with van der Waals surface area (Å²) >= 11 is 7.02. The molecule has 1 aromatic carbocycles. The fourth-order valence-electron chi connectivity index (χ4n) is 1.65. The number of halogens is 3. The summed E-state index contributed by atoms with van der Waals surface area (Å²) in [7, 11) is 0. The molecule has 0 fully saturated rings. The van der Waals surface area contributed by atoms with Gasteiger partial charge in [0.25, 0.3) is 5.56 Å². The topological polar surface area (TPSA) is 37.8 Å². The quantitative estimate of drug-likeness (QED) is 0.452. The van der Waals surface area contributed by atoms with Crippen LogP contribution < -0.4 is 30.4 Å². The molecule has 8 heteroatoms. The summed E-state index contributed by atoms with van der Waals surface area (Å²) in [6.07, 6.45) is 0. The van der Waals surface area contributed by atoms with Gasteiger partial charge in [-0.1, -0.05) is 29.8 Å². The second-order valence-electron chi connectivity index (χ2n) is 3.41. The number of aromatic amines is 1. The van der Waals surface area contributed by atoms with E-state index in [0.717, 1.165) is 16.7 Å². The van der Waals surface area contributed by atoms with Gasteiger partial charge in [-0.25, -0.2) is 3.96 Å². The molecule has 0 unspecified atom stereocenters. The molecule has 0 aliphatic rings. The molecular weight excluding hydrogens is 355 g/mol. The minimum absolute atomic E-state index is 0. The molecule has 0 spiro atoms. The minimum atomic E-state index is -0.110. The number of hydrogen-bond acceptors (Lipinski definition) is 2. The van der Waals surface area contributed by atoms with E-state index in [1.54, 1.807) is 3.96 Å². The van der Waals surface area contributed by atoms with Crippen molar-refractivity contribution in [1.29, 1.82) is 0 Å². The van der Waals surface area contributed by atoms with Crippen molar-refractivity contribution in [2.24, 2.45) is 0 Å². The van der Waals surface area contributed by atoms with Crippen LogP contribution in [0.25, 0.3) is 16.7 Å². The van der Waals surface area contributed by atoms with Crippen molar-refractivity contribution in [2.75, 3.05) is 0 Å². The Morgan fingerprint density at radius 2 is 1.84 bits per heavy atom. The van der Waals surface area contributed by atoms with Crippen molar-refractivity contribution in [3.8, 4) is 5.82 Å². The number of rotatable bonds is 1. The molecule has 0 radical (unpaired) electrons. The first-order chi connectivity index (χ1) is 7.74. The zero-order chi connectivity index (χ0) is 11.1. The van der Waals surface area contributed by atoms with E-state index in [0.29, 0.717) is 4.34 Å². The zero-order valence-electron chi connectivity index (χ0n) is 9.57. The van der Waals surface area contributed by atoms with Gasteiger partial charge in [0.1, 0.15) is 10.2 Å². The standard InChI is InChI=1S/C11H7ClN2OS.Ca.2ClH/c12-9-6-11(15)14(16-9)10-5-7-3-1-2-4-8(7)13-10;;;/h1-6,13H;;2*1H/q;+2;;/p-2. The van der Waals surface area contributed by atoms with Crippen LogP contribution in [0.1, 0.15) is 0 Å². The van der Waals surface area contributed by atoms with Crippen molar-refractivity contribution in [3.05, 3.63) is 51.1 Å². The van der Waals surface area contributed by atoms with Crippen LogP contribution in [-0.4, -0.2) is 46.7 Å². The van der Waals surface area contributed by atoms with Crippen LogP contribution in [0.15, 0.2) is 41.2 Å². The number of nitrogens with zero attached hydrogens (tertiary/aromatic N) is 1. The third-order valence-electron chi connectivity index (χ3n) is 2.35. The molecule has 0 atom stereocenters. The maximum atomic E-state index is 11.6. The van der Waals surface area contributed by atoms with Crippen LogP contribution in [0.2, 0.25) is 4.34 Å². The molecule has 0 bridgehead atoms. The summed E-state index contributed by atoms with van der Waals surface area (Å²) in [4.78, 5) is 14.8. The average Bonchev–Trinajstić information content (AvgIpc) is 2.81. The van der Waals surface area contributed by atoms with E-state index >= 15 is 0 Å². The molecule has 0 amide bonds. The van der Waals surface area contributed by atoms with Gasteiger partial charge in [0.05, 0.1) is 0 Å². The Kier molecular flexibility index (Phi) is 8.07. The Labute approximate surface area is 160 Å². The van der Waals surface area contributed by atoms with Crippen LogP contribution in [-0.2, 0) is 0 Å². The van der Waals surface area contributed by atoms with Gasteiger partial charge in [-0.15, -0.1) is 0 Å². The summed E-state index contributed by atoms with van der Waals surface area (Å²) in [6, 6.07) is 11.2. The zero-order valence-corrected chi connectivity index (χ0v) is 14.9. The van der Waals surface area contributed by atoms with Gasteiger partial charge in [-0.2, -0.15) is 0 Å². The number of nitrogens with one attached hydrogen (secondary N) is 1. The van der Waals surface area contributed by atoms with Gasteiger partial charge < -0.3 is 29.8 Å². The molecule has 3 nitrogen and oxygen atoms in total. The van der Waals surface area contributed by atoms with Crippen LogP contribution in [0.4, 0.5) is 0 Å². The molecule has 0 saturated heterocycles. The van der Waals surface area contributed by atoms with Gasteiger partial charge in [0.15, 0.2) is 0 Å². The SMILES string of the molecule is O=c1cc(Cl)sn1-c1cc2ccccc2[nH]1.[Ca+2].[Cl-].[Cl-]. The third kappa shape index (κ3) is 3.91. The number of hydrogen-bond donors (Lipinski definition) is 1. The van der Waals surface area contributed by atoms with Gasteiger partial charge in [0, 0.05) is 17.0 Å². The summed E-state index contributed by atoms with van der Waals surface area (Å²) < 4.78 is 2.03. The van der Waals surface area contributed by atoms with E-state index in [9.17, 15) is 4.79 Å². The first-order valence-electron chi connectivity index (χ1n) is 4.71. The molecule has 2 aromatic heterocycles. The van der Waals surface area contributed by atoms with E-state index in [-0.39, 0.29) is 68.1 Å². The summed E-state index contributed by atoms with van der Waals surface area (Å²) in [5, 5.41) is 1.08. The molecule has 0 aliphatic carbocycles. The van der Waals surface area contributed by atoms with Gasteiger partial charge >= 0.3 is 37.7 Å². The van der Waals surface area contributed by atoms with Crippen molar-refractivity contribution >= 4 is 71.8 Å². The molecule has 0 aliphatic heterocycles. The molecule has 1 N–H and O–H groups in total. The Balaban J connectivity index is 0.00000108. The number of aromatic nitrogens is 2. The van der Waals surface area contributed by atoms with Crippen molar-refractivity contribution in [3.63, 3.8) is 0 Å². The summed E-state index contributed by atoms with van der Waals surface area (Å²) in [6.45, 7) is 0. The number of para-hydroxylation sites is 1. The second-order valence-corrected chi connectivity index (χ2v) is 5.03. The van der Waals surface area contributed by atoms with Crippen LogP contribution >= 0.6 is 23.1 Å². The fourth-order valence-corrected chi connectivity index (χ4v) is 2.62. The number of H-pyrrole nitrogens is 1. The van der Waals surface area contributed by atoms with E-state index < -0.39 is 0 Å². The van der Waals surface area contributed by atoms with E-state index in [1.807, 2.05) is 30.3 Å². The first-order valence-corrected chi connectivity index (χ1v) is 5.86. The monoisotopic (exact) mass is 360 g/mol. The molecule has 0 saturated carbocycles. The van der Waals surface area contributed by atoms with Gasteiger partial charge in [0.2, 0.25) is 0 Å². The van der Waals surface area contributed by atoms with Crippen LogP contribution in [0.5, 0.6) is 0 Å². The average molecular weight is 362 g/mol.